The van der Waals surface area contributed by atoms with Crippen LogP contribution in [0, 0.1) is 0 Å². The van der Waals surface area contributed by atoms with Crippen LogP contribution < -0.4 is 5.32 Å². The van der Waals surface area contributed by atoms with Gasteiger partial charge in [-0.15, -0.1) is 0 Å². The number of imidazole rings is 1. The lowest BCUT2D eigenvalue weighted by atomic mass is 10.1. The van der Waals surface area contributed by atoms with Crippen molar-refractivity contribution in [2.75, 3.05) is 0 Å². The monoisotopic (exact) mass is 397 g/mol. The third kappa shape index (κ3) is 4.29. The highest BCUT2D eigenvalue weighted by Crippen LogP contribution is 2.36. The standard InChI is InChI=1S/C22H18F3N3O/c1-3-8-14(9-4-2)26-21(29)16-11-7-13-18-19(16)28-20(27-18)15-10-5-6-12-17(15)22(23,24)25/h3-13H,1H2,2H3,(H,26,29)(H,27,28)/b9-4-,14-8+. The highest BCUT2D eigenvalue weighted by molar-refractivity contribution is 6.06. The molecule has 1 aromatic heterocycles. The van der Waals surface area contributed by atoms with Crippen molar-refractivity contribution in [3.05, 3.63) is 90.2 Å². The number of hydrogen-bond acceptors (Lipinski definition) is 2. The minimum absolute atomic E-state index is 0.0449. The van der Waals surface area contributed by atoms with Crippen molar-refractivity contribution < 1.29 is 18.0 Å². The summed E-state index contributed by atoms with van der Waals surface area (Å²) in [5.41, 5.74) is 0.648. The quantitative estimate of drug-likeness (QED) is 0.549. The number of rotatable bonds is 5. The molecule has 0 unspecified atom stereocenters. The Hall–Kier alpha value is -3.61. The lowest BCUT2D eigenvalue weighted by Gasteiger charge is -2.10. The fraction of sp³-hybridized carbons (Fsp3) is 0.0909. The fourth-order valence-corrected chi connectivity index (χ4v) is 2.92. The van der Waals surface area contributed by atoms with Crippen molar-refractivity contribution >= 4 is 16.9 Å². The number of nitrogens with zero attached hydrogens (tertiary/aromatic N) is 1. The SMILES string of the molecule is C=C/C=C(\C=C/C)NC(=O)c1cccc2[nH]c(-c3ccccc3C(F)(F)F)nc12. The van der Waals surface area contributed by atoms with Gasteiger partial charge in [0.2, 0.25) is 0 Å². The molecule has 2 aromatic carbocycles. The van der Waals surface area contributed by atoms with Crippen LogP contribution >= 0.6 is 0 Å². The highest BCUT2D eigenvalue weighted by Gasteiger charge is 2.34. The summed E-state index contributed by atoms with van der Waals surface area (Å²) < 4.78 is 40.1. The molecular formula is C22H18F3N3O. The van der Waals surface area contributed by atoms with Crippen molar-refractivity contribution in [1.82, 2.24) is 15.3 Å². The molecule has 0 saturated heterocycles. The van der Waals surface area contributed by atoms with E-state index in [0.29, 0.717) is 11.2 Å². The summed E-state index contributed by atoms with van der Waals surface area (Å²) in [6, 6.07) is 10.0. The minimum atomic E-state index is -4.52. The Morgan fingerprint density at radius 2 is 1.93 bits per heavy atom. The van der Waals surface area contributed by atoms with Crippen LogP contribution in [0.1, 0.15) is 22.8 Å². The van der Waals surface area contributed by atoms with Crippen LogP contribution in [0.25, 0.3) is 22.4 Å². The Bertz CT molecular complexity index is 1120. The first-order valence-electron chi connectivity index (χ1n) is 8.77. The third-order valence-corrected chi connectivity index (χ3v) is 4.15. The van der Waals surface area contributed by atoms with Gasteiger partial charge in [-0.2, -0.15) is 13.2 Å². The Balaban J connectivity index is 2.07. The van der Waals surface area contributed by atoms with Gasteiger partial charge >= 0.3 is 6.18 Å². The summed E-state index contributed by atoms with van der Waals surface area (Å²) in [5, 5.41) is 2.74. The third-order valence-electron chi connectivity index (χ3n) is 4.15. The number of para-hydroxylation sites is 1. The van der Waals surface area contributed by atoms with E-state index in [1.165, 1.54) is 24.3 Å². The smallest absolute Gasteiger partial charge is 0.338 e. The van der Waals surface area contributed by atoms with Crippen LogP contribution in [0.15, 0.2) is 79.0 Å². The fourth-order valence-electron chi connectivity index (χ4n) is 2.92. The number of halogens is 3. The van der Waals surface area contributed by atoms with Gasteiger partial charge in [-0.1, -0.05) is 43.0 Å². The van der Waals surface area contributed by atoms with Gasteiger partial charge in [0.25, 0.3) is 5.91 Å². The van der Waals surface area contributed by atoms with E-state index in [4.69, 9.17) is 0 Å². The van der Waals surface area contributed by atoms with Gasteiger partial charge in [0.1, 0.15) is 11.3 Å². The van der Waals surface area contributed by atoms with E-state index in [-0.39, 0.29) is 22.5 Å². The number of benzene rings is 2. The molecule has 0 aliphatic heterocycles. The predicted octanol–water partition coefficient (Wildman–Crippen LogP) is 5.62. The average Bonchev–Trinajstić information content (AvgIpc) is 3.12. The summed E-state index contributed by atoms with van der Waals surface area (Å²) in [5.74, 6) is -0.382. The summed E-state index contributed by atoms with van der Waals surface area (Å²) in [6.07, 6.45) is 2.11. The Labute approximate surface area is 165 Å². The zero-order valence-corrected chi connectivity index (χ0v) is 15.5. The first-order chi connectivity index (χ1) is 13.8. The number of hydrogen-bond donors (Lipinski definition) is 2. The molecule has 3 aromatic rings. The first-order valence-corrected chi connectivity index (χ1v) is 8.77. The van der Waals surface area contributed by atoms with Crippen LogP contribution in [0.4, 0.5) is 13.2 Å². The number of carbonyl (C=O) groups excluding carboxylic acids is 1. The summed E-state index contributed by atoms with van der Waals surface area (Å²) in [6.45, 7) is 5.41. The maximum absolute atomic E-state index is 13.4. The zero-order valence-electron chi connectivity index (χ0n) is 15.5. The van der Waals surface area contributed by atoms with Crippen LogP contribution in [0.5, 0.6) is 0 Å². The summed E-state index contributed by atoms with van der Waals surface area (Å²) in [4.78, 5) is 19.9. The molecule has 0 atom stereocenters. The lowest BCUT2D eigenvalue weighted by molar-refractivity contribution is -0.137. The second kappa shape index (κ2) is 8.18. The zero-order chi connectivity index (χ0) is 21.0. The number of allylic oxidation sites excluding steroid dienone is 4. The Kier molecular flexibility index (Phi) is 5.68. The molecule has 29 heavy (non-hydrogen) atoms. The highest BCUT2D eigenvalue weighted by atomic mass is 19.4. The molecule has 1 amide bonds. The van der Waals surface area contributed by atoms with E-state index in [1.54, 1.807) is 36.4 Å². The number of alkyl halides is 3. The molecular weight excluding hydrogens is 379 g/mol. The molecule has 0 radical (unpaired) electrons. The van der Waals surface area contributed by atoms with Crippen molar-refractivity contribution in [2.45, 2.75) is 13.1 Å². The molecule has 1 heterocycles. The number of aromatic amines is 1. The van der Waals surface area contributed by atoms with Crippen LogP contribution in [0.2, 0.25) is 0 Å². The average molecular weight is 397 g/mol. The van der Waals surface area contributed by atoms with Crippen LogP contribution in [-0.4, -0.2) is 15.9 Å². The first kappa shape index (κ1) is 20.1. The van der Waals surface area contributed by atoms with E-state index in [2.05, 4.69) is 21.9 Å². The molecule has 3 rings (SSSR count). The van der Waals surface area contributed by atoms with Crippen LogP contribution in [-0.2, 0) is 6.18 Å². The number of aromatic nitrogens is 2. The van der Waals surface area contributed by atoms with Gasteiger partial charge in [-0.05, 0) is 37.3 Å². The molecule has 0 fully saturated rings. The Morgan fingerprint density at radius 1 is 1.17 bits per heavy atom. The molecule has 0 aliphatic rings. The van der Waals surface area contributed by atoms with Gasteiger partial charge in [0.15, 0.2) is 0 Å². The lowest BCUT2D eigenvalue weighted by Crippen LogP contribution is -2.22. The molecule has 4 nitrogen and oxygen atoms in total. The second-order valence-corrected chi connectivity index (χ2v) is 6.14. The minimum Gasteiger partial charge on any atom is -0.338 e. The Morgan fingerprint density at radius 3 is 2.62 bits per heavy atom. The van der Waals surface area contributed by atoms with Gasteiger partial charge in [0, 0.05) is 11.3 Å². The number of amides is 1. The summed E-state index contributed by atoms with van der Waals surface area (Å²) in [7, 11) is 0. The van der Waals surface area contributed by atoms with Gasteiger partial charge in [-0.3, -0.25) is 4.79 Å². The van der Waals surface area contributed by atoms with E-state index in [1.807, 2.05) is 6.92 Å². The van der Waals surface area contributed by atoms with E-state index in [0.717, 1.165) is 6.07 Å². The number of carbonyl (C=O) groups is 1. The number of fused-ring (bicyclic) bond motifs is 1. The van der Waals surface area contributed by atoms with Crippen molar-refractivity contribution in [3.63, 3.8) is 0 Å². The van der Waals surface area contributed by atoms with Gasteiger partial charge < -0.3 is 10.3 Å². The van der Waals surface area contributed by atoms with Crippen molar-refractivity contribution in [3.8, 4) is 11.4 Å². The van der Waals surface area contributed by atoms with Crippen LogP contribution in [0.3, 0.4) is 0 Å². The molecule has 2 N–H and O–H groups in total. The van der Waals surface area contributed by atoms with Crippen molar-refractivity contribution in [2.24, 2.45) is 0 Å². The molecule has 0 spiro atoms. The van der Waals surface area contributed by atoms with E-state index >= 15 is 0 Å². The molecule has 0 saturated carbocycles. The number of nitrogens with one attached hydrogen (secondary N) is 2. The number of H-pyrrole nitrogens is 1. The summed E-state index contributed by atoms with van der Waals surface area (Å²) >= 11 is 0. The maximum atomic E-state index is 13.4. The van der Waals surface area contributed by atoms with Gasteiger partial charge in [0.05, 0.1) is 16.6 Å². The van der Waals surface area contributed by atoms with E-state index in [9.17, 15) is 18.0 Å². The molecule has 0 bridgehead atoms. The molecule has 0 aliphatic carbocycles. The predicted molar refractivity (Wildman–Crippen MR) is 107 cm³/mol. The van der Waals surface area contributed by atoms with E-state index < -0.39 is 17.6 Å². The topological polar surface area (TPSA) is 57.8 Å². The normalized spacial score (nSPS) is 12.5. The maximum Gasteiger partial charge on any atom is 0.417 e. The van der Waals surface area contributed by atoms with Gasteiger partial charge in [-0.25, -0.2) is 4.98 Å². The molecule has 7 heteroatoms. The second-order valence-electron chi connectivity index (χ2n) is 6.14. The largest absolute Gasteiger partial charge is 0.417 e. The van der Waals surface area contributed by atoms with Crippen molar-refractivity contribution in [1.29, 1.82) is 0 Å². The molecule has 148 valence electrons.